The van der Waals surface area contributed by atoms with Gasteiger partial charge in [-0.05, 0) is 44.2 Å². The van der Waals surface area contributed by atoms with Crippen LogP contribution < -0.4 is 10.2 Å². The van der Waals surface area contributed by atoms with E-state index in [1.54, 1.807) is 43.3 Å². The molecule has 1 aliphatic rings. The number of aryl methyl sites for hydroxylation is 1. The minimum atomic E-state index is -0.569. The first kappa shape index (κ1) is 19.2. The van der Waals surface area contributed by atoms with Gasteiger partial charge in [0.25, 0.3) is 5.69 Å². The number of nitro benzene ring substituents is 1. The van der Waals surface area contributed by atoms with Crippen molar-refractivity contribution in [2.75, 3.05) is 16.8 Å². The number of carbonyl (C=O) groups excluding carboxylic acids is 3. The minimum Gasteiger partial charge on any atom is -0.326 e. The van der Waals surface area contributed by atoms with E-state index in [2.05, 4.69) is 5.32 Å². The first-order valence-corrected chi connectivity index (χ1v) is 8.73. The highest BCUT2D eigenvalue weighted by atomic mass is 16.6. The molecule has 0 aromatic heterocycles. The molecule has 2 aromatic rings. The van der Waals surface area contributed by atoms with E-state index in [9.17, 15) is 24.5 Å². The van der Waals surface area contributed by atoms with Crippen molar-refractivity contribution in [1.82, 2.24) is 0 Å². The zero-order valence-corrected chi connectivity index (χ0v) is 15.5. The molecule has 28 heavy (non-hydrogen) atoms. The highest BCUT2D eigenvalue weighted by molar-refractivity contribution is 6.04. The molecule has 144 valence electrons. The number of ketones is 1. The van der Waals surface area contributed by atoms with E-state index in [1.807, 2.05) is 0 Å². The summed E-state index contributed by atoms with van der Waals surface area (Å²) in [4.78, 5) is 48.2. The van der Waals surface area contributed by atoms with Crippen molar-refractivity contribution in [3.05, 3.63) is 63.7 Å². The minimum absolute atomic E-state index is 0.0268. The summed E-state index contributed by atoms with van der Waals surface area (Å²) in [5.74, 6) is -1.21. The number of rotatable bonds is 5. The molecule has 1 fully saturated rings. The van der Waals surface area contributed by atoms with Gasteiger partial charge in [0.1, 0.15) is 0 Å². The fourth-order valence-electron chi connectivity index (χ4n) is 3.13. The van der Waals surface area contributed by atoms with Gasteiger partial charge in [-0.3, -0.25) is 24.5 Å². The lowest BCUT2D eigenvalue weighted by molar-refractivity contribution is -0.385. The maximum absolute atomic E-state index is 12.5. The number of nitro groups is 1. The lowest BCUT2D eigenvalue weighted by atomic mass is 10.1. The second-order valence-electron chi connectivity index (χ2n) is 6.76. The van der Waals surface area contributed by atoms with E-state index < -0.39 is 10.8 Å². The molecule has 2 amide bonds. The third-order valence-corrected chi connectivity index (χ3v) is 4.76. The predicted octanol–water partition coefficient (Wildman–Crippen LogP) is 3.10. The molecule has 0 saturated carbocycles. The molecule has 0 unspecified atom stereocenters. The van der Waals surface area contributed by atoms with Crippen molar-refractivity contribution in [3.8, 4) is 0 Å². The Morgan fingerprint density at radius 2 is 1.86 bits per heavy atom. The quantitative estimate of drug-likeness (QED) is 0.486. The Labute approximate surface area is 161 Å². The van der Waals surface area contributed by atoms with Crippen LogP contribution in [0.25, 0.3) is 0 Å². The number of hydrogen-bond acceptors (Lipinski definition) is 5. The summed E-state index contributed by atoms with van der Waals surface area (Å²) in [6.45, 7) is 3.24. The summed E-state index contributed by atoms with van der Waals surface area (Å²) in [7, 11) is 0. The lowest BCUT2D eigenvalue weighted by Gasteiger charge is -2.17. The largest absolute Gasteiger partial charge is 0.326 e. The molecule has 1 aliphatic heterocycles. The van der Waals surface area contributed by atoms with Gasteiger partial charge in [0.2, 0.25) is 11.8 Å². The van der Waals surface area contributed by atoms with Gasteiger partial charge >= 0.3 is 0 Å². The molecular formula is C20H19N3O5. The van der Waals surface area contributed by atoms with Gasteiger partial charge in [-0.25, -0.2) is 0 Å². The van der Waals surface area contributed by atoms with E-state index >= 15 is 0 Å². The van der Waals surface area contributed by atoms with Crippen LogP contribution >= 0.6 is 0 Å². The number of nitrogens with one attached hydrogen (secondary N) is 1. The first-order chi connectivity index (χ1) is 13.3. The van der Waals surface area contributed by atoms with Gasteiger partial charge in [-0.1, -0.05) is 6.07 Å². The van der Waals surface area contributed by atoms with Crippen LogP contribution in [0.5, 0.6) is 0 Å². The van der Waals surface area contributed by atoms with E-state index in [-0.39, 0.29) is 36.3 Å². The average molecular weight is 381 g/mol. The molecule has 1 heterocycles. The third kappa shape index (κ3) is 3.90. The zero-order valence-electron chi connectivity index (χ0n) is 15.5. The Morgan fingerprint density at radius 3 is 2.46 bits per heavy atom. The normalized spacial score (nSPS) is 16.1. The summed E-state index contributed by atoms with van der Waals surface area (Å²) in [6.07, 6.45) is 0.0268. The Morgan fingerprint density at radius 1 is 1.18 bits per heavy atom. The molecule has 0 spiro atoms. The van der Waals surface area contributed by atoms with Gasteiger partial charge in [0.05, 0.1) is 16.5 Å². The van der Waals surface area contributed by atoms with E-state index in [0.29, 0.717) is 22.5 Å². The monoisotopic (exact) mass is 381 g/mol. The van der Waals surface area contributed by atoms with Crippen LogP contribution in [0.2, 0.25) is 0 Å². The summed E-state index contributed by atoms with van der Waals surface area (Å²) >= 11 is 0. The molecule has 3 rings (SSSR count). The molecule has 8 heteroatoms. The molecule has 1 atom stereocenters. The molecule has 0 aliphatic carbocycles. The van der Waals surface area contributed by atoms with Crippen molar-refractivity contribution >= 4 is 34.7 Å². The Bertz CT molecular complexity index is 968. The van der Waals surface area contributed by atoms with Gasteiger partial charge < -0.3 is 10.2 Å². The number of nitrogens with zero attached hydrogens (tertiary/aromatic N) is 2. The van der Waals surface area contributed by atoms with Crippen molar-refractivity contribution in [1.29, 1.82) is 0 Å². The summed E-state index contributed by atoms with van der Waals surface area (Å²) < 4.78 is 0. The Hall–Kier alpha value is -3.55. The smallest absolute Gasteiger partial charge is 0.274 e. The lowest BCUT2D eigenvalue weighted by Crippen LogP contribution is -2.28. The zero-order chi connectivity index (χ0) is 20.4. The topological polar surface area (TPSA) is 110 Å². The SMILES string of the molecule is CC(=O)c1ccc(NC(=O)[C@@H]2CC(=O)N(c3ccc(C)c([N+](=O)[O-])c3)C2)cc1. The van der Waals surface area contributed by atoms with Crippen LogP contribution in [-0.4, -0.2) is 29.1 Å². The number of benzene rings is 2. The standard InChI is InChI=1S/C20H19N3O5/c1-12-3-8-17(10-18(12)23(27)28)22-11-15(9-19(22)25)20(26)21-16-6-4-14(5-7-16)13(2)24/h3-8,10,15H,9,11H2,1-2H3,(H,21,26)/t15-/m1/s1. The van der Waals surface area contributed by atoms with Crippen molar-refractivity contribution in [2.45, 2.75) is 20.3 Å². The Kier molecular flexibility index (Phi) is 5.21. The number of amides is 2. The summed E-state index contributed by atoms with van der Waals surface area (Å²) in [5, 5.41) is 13.9. The van der Waals surface area contributed by atoms with E-state index in [0.717, 1.165) is 0 Å². The average Bonchev–Trinajstić information content (AvgIpc) is 3.04. The van der Waals surface area contributed by atoms with E-state index in [4.69, 9.17) is 0 Å². The molecular weight excluding hydrogens is 362 g/mol. The molecule has 2 aromatic carbocycles. The molecule has 8 nitrogen and oxygen atoms in total. The Balaban J connectivity index is 1.71. The van der Waals surface area contributed by atoms with Crippen LogP contribution in [0.3, 0.4) is 0 Å². The van der Waals surface area contributed by atoms with Gasteiger partial charge in [0, 0.05) is 35.8 Å². The second kappa shape index (κ2) is 7.59. The number of Topliss-reactive ketones (excluding diaryl/α,β-unsaturated/α-hetero) is 1. The molecule has 0 bridgehead atoms. The van der Waals surface area contributed by atoms with Crippen molar-refractivity contribution in [2.24, 2.45) is 5.92 Å². The molecule has 0 radical (unpaired) electrons. The fourth-order valence-corrected chi connectivity index (χ4v) is 3.13. The van der Waals surface area contributed by atoms with Crippen LogP contribution in [0.15, 0.2) is 42.5 Å². The highest BCUT2D eigenvalue weighted by Crippen LogP contribution is 2.30. The predicted molar refractivity (Wildman–Crippen MR) is 103 cm³/mol. The number of hydrogen-bond donors (Lipinski definition) is 1. The first-order valence-electron chi connectivity index (χ1n) is 8.73. The number of anilines is 2. The maximum atomic E-state index is 12.5. The summed E-state index contributed by atoms with van der Waals surface area (Å²) in [5.41, 5.74) is 1.92. The van der Waals surface area contributed by atoms with Gasteiger partial charge in [-0.15, -0.1) is 0 Å². The van der Waals surface area contributed by atoms with Gasteiger partial charge in [-0.2, -0.15) is 0 Å². The summed E-state index contributed by atoms with van der Waals surface area (Å²) in [6, 6.07) is 11.1. The van der Waals surface area contributed by atoms with Crippen LogP contribution in [-0.2, 0) is 9.59 Å². The van der Waals surface area contributed by atoms with Gasteiger partial charge in [0.15, 0.2) is 5.78 Å². The van der Waals surface area contributed by atoms with Crippen molar-refractivity contribution in [3.63, 3.8) is 0 Å². The van der Waals surface area contributed by atoms with Crippen LogP contribution in [0.1, 0.15) is 29.3 Å². The maximum Gasteiger partial charge on any atom is 0.274 e. The second-order valence-corrected chi connectivity index (χ2v) is 6.76. The van der Waals surface area contributed by atoms with Crippen LogP contribution in [0, 0.1) is 23.0 Å². The van der Waals surface area contributed by atoms with Crippen molar-refractivity contribution < 1.29 is 19.3 Å². The molecule has 1 saturated heterocycles. The number of carbonyl (C=O) groups is 3. The van der Waals surface area contributed by atoms with E-state index in [1.165, 1.54) is 17.9 Å². The highest BCUT2D eigenvalue weighted by Gasteiger charge is 2.35. The van der Waals surface area contributed by atoms with Crippen LogP contribution in [0.4, 0.5) is 17.1 Å². The molecule has 1 N–H and O–H groups in total. The fraction of sp³-hybridized carbons (Fsp3) is 0.250. The third-order valence-electron chi connectivity index (χ3n) is 4.76.